The highest BCUT2D eigenvalue weighted by molar-refractivity contribution is 5.87. The molecule has 1 aliphatic rings. The van der Waals surface area contributed by atoms with Gasteiger partial charge in [0.1, 0.15) is 18.3 Å². The van der Waals surface area contributed by atoms with Crippen LogP contribution in [-0.4, -0.2) is 49.8 Å². The summed E-state index contributed by atoms with van der Waals surface area (Å²) < 4.78 is 5.49. The van der Waals surface area contributed by atoms with E-state index in [0.717, 1.165) is 37.3 Å². The van der Waals surface area contributed by atoms with Crippen LogP contribution < -0.4 is 20.9 Å². The van der Waals surface area contributed by atoms with Gasteiger partial charge in [-0.15, -0.1) is 0 Å². The zero-order chi connectivity index (χ0) is 21.7. The number of nitrogens with two attached hydrogens (primary N) is 1. The smallest absolute Gasteiger partial charge is 0.240 e. The van der Waals surface area contributed by atoms with E-state index in [4.69, 9.17) is 10.3 Å². The van der Waals surface area contributed by atoms with Crippen LogP contribution in [0.3, 0.4) is 0 Å². The Balaban J connectivity index is 1.96. The van der Waals surface area contributed by atoms with Gasteiger partial charge in [0.05, 0.1) is 11.6 Å². The van der Waals surface area contributed by atoms with Crippen molar-refractivity contribution in [3.63, 3.8) is 0 Å². The molecule has 1 fully saturated rings. The van der Waals surface area contributed by atoms with Gasteiger partial charge in [-0.1, -0.05) is 31.1 Å². The molecular formula is C22H30N6O2. The van der Waals surface area contributed by atoms with Crippen LogP contribution >= 0.6 is 0 Å². The molecule has 2 heterocycles. The number of hydrogen-bond acceptors (Lipinski definition) is 7. The van der Waals surface area contributed by atoms with Crippen LogP contribution in [0.15, 0.2) is 28.8 Å². The fourth-order valence-electron chi connectivity index (χ4n) is 3.90. The lowest BCUT2D eigenvalue weighted by Crippen LogP contribution is -2.46. The molecule has 8 heteroatoms. The summed E-state index contributed by atoms with van der Waals surface area (Å²) in [6, 6.07) is 9.75. The fourth-order valence-corrected chi connectivity index (χ4v) is 3.90. The van der Waals surface area contributed by atoms with Crippen molar-refractivity contribution in [2.24, 2.45) is 11.7 Å². The van der Waals surface area contributed by atoms with Crippen molar-refractivity contribution in [2.75, 3.05) is 42.5 Å². The Morgan fingerprint density at radius 2 is 2.00 bits per heavy atom. The quantitative estimate of drug-likeness (QED) is 0.642. The molecule has 2 aromatic rings. The molecule has 1 saturated heterocycles. The lowest BCUT2D eigenvalue weighted by molar-refractivity contribution is -0.119. The molecule has 0 saturated carbocycles. The van der Waals surface area contributed by atoms with Crippen LogP contribution in [0.1, 0.15) is 26.0 Å². The number of carbonyl (C=O) groups excluding carboxylic acids is 1. The molecule has 1 atom stereocenters. The highest BCUT2D eigenvalue weighted by Crippen LogP contribution is 2.36. The van der Waals surface area contributed by atoms with Gasteiger partial charge in [-0.05, 0) is 37.0 Å². The first-order chi connectivity index (χ1) is 14.4. The van der Waals surface area contributed by atoms with Crippen molar-refractivity contribution in [3.05, 3.63) is 30.0 Å². The van der Waals surface area contributed by atoms with Gasteiger partial charge in [0, 0.05) is 31.9 Å². The van der Waals surface area contributed by atoms with Crippen molar-refractivity contribution in [1.82, 2.24) is 10.5 Å². The molecule has 3 N–H and O–H groups in total. The van der Waals surface area contributed by atoms with E-state index in [0.29, 0.717) is 18.0 Å². The van der Waals surface area contributed by atoms with Crippen LogP contribution in [0.25, 0.3) is 11.1 Å². The highest BCUT2D eigenvalue weighted by atomic mass is 16.5. The van der Waals surface area contributed by atoms with Gasteiger partial charge in [0.15, 0.2) is 5.82 Å². The third-order valence-electron chi connectivity index (χ3n) is 5.40. The number of carbonyl (C=O) groups is 1. The first-order valence-corrected chi connectivity index (χ1v) is 10.4. The van der Waals surface area contributed by atoms with Crippen LogP contribution in [0.5, 0.6) is 0 Å². The summed E-state index contributed by atoms with van der Waals surface area (Å²) in [5.41, 5.74) is 8.57. The van der Waals surface area contributed by atoms with E-state index < -0.39 is 11.9 Å². The van der Waals surface area contributed by atoms with Gasteiger partial charge in [0.2, 0.25) is 5.91 Å². The van der Waals surface area contributed by atoms with E-state index in [1.807, 2.05) is 32.9 Å². The number of hydrogen-bond donors (Lipinski definition) is 2. The normalized spacial score (nSPS) is 15.1. The van der Waals surface area contributed by atoms with E-state index in [1.54, 1.807) is 4.90 Å². The number of aryl methyl sites for hydroxylation is 1. The van der Waals surface area contributed by atoms with Gasteiger partial charge in [0.25, 0.3) is 0 Å². The monoisotopic (exact) mass is 410 g/mol. The molecule has 3 rings (SSSR count). The average Bonchev–Trinajstić information content (AvgIpc) is 3.12. The first-order valence-electron chi connectivity index (χ1n) is 10.4. The summed E-state index contributed by atoms with van der Waals surface area (Å²) in [6.45, 7) is 9.77. The minimum absolute atomic E-state index is 0.00182. The van der Waals surface area contributed by atoms with E-state index >= 15 is 0 Å². The molecule has 0 bridgehead atoms. The minimum atomic E-state index is -0.631. The molecule has 0 radical (unpaired) electrons. The summed E-state index contributed by atoms with van der Waals surface area (Å²) >= 11 is 0. The van der Waals surface area contributed by atoms with Gasteiger partial charge >= 0.3 is 0 Å². The lowest BCUT2D eigenvalue weighted by Gasteiger charge is -2.30. The number of rotatable bonds is 8. The zero-order valence-electron chi connectivity index (χ0n) is 17.9. The Hall–Kier alpha value is -3.05. The SMILES string of the molecule is Cc1onc(N(CC#N)C(CC(C)C)C(N)=O)c1-c1ccc(N2CCNCC2)cc1. The molecule has 1 aromatic heterocycles. The molecule has 1 aromatic carbocycles. The number of amides is 1. The van der Waals surface area contributed by atoms with Crippen molar-refractivity contribution in [3.8, 4) is 17.2 Å². The Morgan fingerprint density at radius 3 is 2.57 bits per heavy atom. The number of aromatic nitrogens is 1. The highest BCUT2D eigenvalue weighted by Gasteiger charge is 2.30. The van der Waals surface area contributed by atoms with Gasteiger partial charge < -0.3 is 25.4 Å². The number of nitrogens with zero attached hydrogens (tertiary/aromatic N) is 4. The van der Waals surface area contributed by atoms with Gasteiger partial charge in [-0.25, -0.2) is 0 Å². The fraction of sp³-hybridized carbons (Fsp3) is 0.500. The average molecular weight is 411 g/mol. The second-order valence-electron chi connectivity index (χ2n) is 8.06. The van der Waals surface area contributed by atoms with Crippen LogP contribution in [0, 0.1) is 24.2 Å². The van der Waals surface area contributed by atoms with E-state index in [9.17, 15) is 10.1 Å². The number of piperazine rings is 1. The Labute approximate surface area is 177 Å². The molecular weight excluding hydrogens is 380 g/mol. The number of primary amides is 1. The Bertz CT molecular complexity index is 893. The van der Waals surface area contributed by atoms with Gasteiger partial charge in [-0.3, -0.25) is 4.79 Å². The molecule has 1 unspecified atom stereocenters. The molecule has 0 spiro atoms. The van der Waals surface area contributed by atoms with E-state index in [2.05, 4.69) is 33.6 Å². The topological polar surface area (TPSA) is 111 Å². The summed E-state index contributed by atoms with van der Waals surface area (Å²) in [4.78, 5) is 16.2. The summed E-state index contributed by atoms with van der Waals surface area (Å²) in [7, 11) is 0. The summed E-state index contributed by atoms with van der Waals surface area (Å²) in [5, 5.41) is 17.0. The Morgan fingerprint density at radius 1 is 1.33 bits per heavy atom. The maximum atomic E-state index is 12.2. The molecule has 0 aliphatic carbocycles. The molecule has 160 valence electrons. The predicted octanol–water partition coefficient (Wildman–Crippen LogP) is 2.29. The maximum absolute atomic E-state index is 12.2. The van der Waals surface area contributed by atoms with Crippen LogP contribution in [-0.2, 0) is 4.79 Å². The number of anilines is 2. The second kappa shape index (κ2) is 9.63. The molecule has 30 heavy (non-hydrogen) atoms. The van der Waals surface area contributed by atoms with Crippen molar-refractivity contribution < 1.29 is 9.32 Å². The number of benzene rings is 1. The molecule has 1 amide bonds. The Kier molecular flexibility index (Phi) is 6.95. The zero-order valence-corrected chi connectivity index (χ0v) is 17.9. The van der Waals surface area contributed by atoms with Crippen molar-refractivity contribution >= 4 is 17.4 Å². The third-order valence-corrected chi connectivity index (χ3v) is 5.40. The van der Waals surface area contributed by atoms with Crippen molar-refractivity contribution in [2.45, 2.75) is 33.2 Å². The van der Waals surface area contributed by atoms with Gasteiger partial charge in [-0.2, -0.15) is 5.26 Å². The minimum Gasteiger partial charge on any atom is -0.369 e. The van der Waals surface area contributed by atoms with Crippen LogP contribution in [0.2, 0.25) is 0 Å². The largest absolute Gasteiger partial charge is 0.369 e. The van der Waals surface area contributed by atoms with Crippen molar-refractivity contribution in [1.29, 1.82) is 5.26 Å². The first kappa shape index (κ1) is 21.7. The predicted molar refractivity (Wildman–Crippen MR) is 117 cm³/mol. The van der Waals surface area contributed by atoms with E-state index in [1.165, 1.54) is 5.69 Å². The lowest BCUT2D eigenvalue weighted by atomic mass is 9.99. The van der Waals surface area contributed by atoms with Crippen LogP contribution in [0.4, 0.5) is 11.5 Å². The van der Waals surface area contributed by atoms with E-state index in [-0.39, 0.29) is 12.5 Å². The second-order valence-corrected chi connectivity index (χ2v) is 8.06. The standard InChI is InChI=1S/C22H30N6O2/c1-15(2)14-19(21(24)29)28(11-8-23)22-20(16(3)30-26-22)17-4-6-18(7-5-17)27-12-9-25-10-13-27/h4-7,15,19,25H,9-14H2,1-3H3,(H2,24,29). The summed E-state index contributed by atoms with van der Waals surface area (Å²) in [5.74, 6) is 0.877. The maximum Gasteiger partial charge on any atom is 0.240 e. The molecule has 8 nitrogen and oxygen atoms in total. The number of nitrogens with one attached hydrogen (secondary N) is 1. The third kappa shape index (κ3) is 4.74. The summed E-state index contributed by atoms with van der Waals surface area (Å²) in [6.07, 6.45) is 0.532. The number of nitriles is 1. The molecule has 1 aliphatic heterocycles.